The zero-order valence-corrected chi connectivity index (χ0v) is 19.7. The molecule has 0 bridgehead atoms. The Bertz CT molecular complexity index is 1530. The van der Waals surface area contributed by atoms with Gasteiger partial charge in [-0.1, -0.05) is 36.4 Å². The molecule has 1 aliphatic rings. The van der Waals surface area contributed by atoms with Crippen molar-refractivity contribution in [1.82, 2.24) is 19.9 Å². The van der Waals surface area contributed by atoms with Crippen molar-refractivity contribution in [3.05, 3.63) is 79.0 Å². The third kappa shape index (κ3) is 4.06. The Morgan fingerprint density at radius 2 is 1.69 bits per heavy atom. The maximum Gasteiger partial charge on any atom is 0.221 e. The van der Waals surface area contributed by atoms with Crippen LogP contribution < -0.4 is 10.6 Å². The molecule has 3 heterocycles. The van der Waals surface area contributed by atoms with Crippen molar-refractivity contribution in [3.63, 3.8) is 0 Å². The molecule has 174 valence electrons. The lowest BCUT2D eigenvalue weighted by molar-refractivity contribution is -0.114. The Morgan fingerprint density at radius 1 is 0.943 bits per heavy atom. The number of fused-ring (bicyclic) bond motifs is 2. The van der Waals surface area contributed by atoms with Crippen LogP contribution in [-0.4, -0.2) is 33.5 Å². The number of imidazole rings is 1. The van der Waals surface area contributed by atoms with Gasteiger partial charge in [0.05, 0.1) is 0 Å². The number of piperidine rings is 1. The summed E-state index contributed by atoms with van der Waals surface area (Å²) in [6.07, 6.45) is 3.96. The van der Waals surface area contributed by atoms with E-state index < -0.39 is 0 Å². The Balaban J connectivity index is 1.53. The van der Waals surface area contributed by atoms with Crippen LogP contribution in [0, 0.1) is 0 Å². The van der Waals surface area contributed by atoms with Crippen LogP contribution in [0.5, 0.6) is 0 Å². The molecule has 1 aliphatic heterocycles. The van der Waals surface area contributed by atoms with Gasteiger partial charge in [-0.15, -0.1) is 0 Å². The lowest BCUT2D eigenvalue weighted by atomic mass is 10.0. The molecule has 1 amide bonds. The summed E-state index contributed by atoms with van der Waals surface area (Å²) in [5.74, 6) is 0.839. The fraction of sp³-hybridized carbons (Fsp3) is 0.207. The molecule has 0 unspecified atom stereocenters. The van der Waals surface area contributed by atoms with Crippen molar-refractivity contribution in [2.45, 2.75) is 25.8 Å². The van der Waals surface area contributed by atoms with Gasteiger partial charge in [-0.25, -0.2) is 9.97 Å². The Kier molecular flexibility index (Phi) is 5.51. The molecule has 0 saturated carbocycles. The summed E-state index contributed by atoms with van der Waals surface area (Å²) in [5, 5.41) is 8.75. The maximum atomic E-state index is 11.5. The molecular weight excluding hydrogens is 434 g/mol. The van der Waals surface area contributed by atoms with E-state index in [-0.39, 0.29) is 5.91 Å². The van der Waals surface area contributed by atoms with Gasteiger partial charge in [-0.2, -0.15) is 0 Å². The first-order valence-electron chi connectivity index (χ1n) is 12.1. The molecule has 2 aromatic heterocycles. The molecule has 1 fully saturated rings. The molecule has 0 radical (unpaired) electrons. The molecule has 6 rings (SSSR count). The largest absolute Gasteiger partial charge is 0.326 e. The molecule has 2 N–H and O–H groups in total. The van der Waals surface area contributed by atoms with Gasteiger partial charge in [0, 0.05) is 36.0 Å². The van der Waals surface area contributed by atoms with Gasteiger partial charge >= 0.3 is 0 Å². The second-order valence-corrected chi connectivity index (χ2v) is 9.14. The topological polar surface area (TPSA) is 71.8 Å². The molecule has 1 saturated heterocycles. The molecule has 6 nitrogen and oxygen atoms in total. The number of carbonyl (C=O) groups is 1. The van der Waals surface area contributed by atoms with Gasteiger partial charge in [-0.05, 0) is 78.7 Å². The second-order valence-electron chi connectivity index (χ2n) is 9.14. The lowest BCUT2D eigenvalue weighted by Gasteiger charge is -2.26. The first kappa shape index (κ1) is 21.5. The number of hydrogen-bond donors (Lipinski definition) is 2. The van der Waals surface area contributed by atoms with E-state index in [1.165, 1.54) is 17.7 Å². The Morgan fingerprint density at radius 3 is 2.46 bits per heavy atom. The minimum absolute atomic E-state index is 0.0797. The summed E-state index contributed by atoms with van der Waals surface area (Å²) in [4.78, 5) is 21.5. The fourth-order valence-electron chi connectivity index (χ4n) is 5.10. The highest BCUT2D eigenvalue weighted by atomic mass is 16.1. The summed E-state index contributed by atoms with van der Waals surface area (Å²) < 4.78 is 2.33. The van der Waals surface area contributed by atoms with Gasteiger partial charge in [0.25, 0.3) is 0 Å². The van der Waals surface area contributed by atoms with E-state index in [0.717, 1.165) is 65.3 Å². The van der Waals surface area contributed by atoms with E-state index >= 15 is 0 Å². The highest BCUT2D eigenvalue weighted by molar-refractivity contribution is 5.96. The molecular formula is C29H27N5O. The summed E-state index contributed by atoms with van der Waals surface area (Å²) >= 11 is 0. The van der Waals surface area contributed by atoms with Gasteiger partial charge < -0.3 is 15.2 Å². The number of carbonyl (C=O) groups excluding carboxylic acids is 1. The first-order chi connectivity index (χ1) is 17.2. The van der Waals surface area contributed by atoms with Crippen LogP contribution in [0.4, 0.5) is 5.69 Å². The molecule has 6 heteroatoms. The molecule has 3 aromatic carbocycles. The first-order valence-corrected chi connectivity index (χ1v) is 12.1. The third-order valence-corrected chi connectivity index (χ3v) is 6.78. The molecule has 0 aliphatic carbocycles. The monoisotopic (exact) mass is 461 g/mol. The highest BCUT2D eigenvalue weighted by Gasteiger charge is 2.24. The smallest absolute Gasteiger partial charge is 0.221 e. The summed E-state index contributed by atoms with van der Waals surface area (Å²) in [5.41, 5.74) is 5.86. The second kappa shape index (κ2) is 8.96. The quantitative estimate of drug-likeness (QED) is 0.355. The highest BCUT2D eigenvalue weighted by Crippen LogP contribution is 2.36. The number of pyridine rings is 1. The van der Waals surface area contributed by atoms with Crippen LogP contribution in [0.15, 0.2) is 79.0 Å². The predicted molar refractivity (Wildman–Crippen MR) is 141 cm³/mol. The third-order valence-electron chi connectivity index (χ3n) is 6.78. The van der Waals surface area contributed by atoms with E-state index in [2.05, 4.69) is 63.7 Å². The van der Waals surface area contributed by atoms with Crippen LogP contribution in [-0.2, 0) is 4.79 Å². The number of amides is 1. The van der Waals surface area contributed by atoms with Gasteiger partial charge in [0.15, 0.2) is 5.65 Å². The number of anilines is 1. The summed E-state index contributed by atoms with van der Waals surface area (Å²) in [7, 11) is 0. The van der Waals surface area contributed by atoms with Crippen molar-refractivity contribution in [3.8, 4) is 22.5 Å². The van der Waals surface area contributed by atoms with Gasteiger partial charge in [0.2, 0.25) is 5.91 Å². The normalized spacial score (nSPS) is 14.4. The molecule has 5 aromatic rings. The van der Waals surface area contributed by atoms with Crippen LogP contribution >= 0.6 is 0 Å². The predicted octanol–water partition coefficient (Wildman–Crippen LogP) is 5.80. The van der Waals surface area contributed by atoms with Crippen LogP contribution in [0.25, 0.3) is 44.5 Å². The molecule has 0 spiro atoms. The minimum atomic E-state index is -0.0797. The van der Waals surface area contributed by atoms with Crippen molar-refractivity contribution in [2.24, 2.45) is 0 Å². The average Bonchev–Trinajstić information content (AvgIpc) is 3.29. The molecule has 35 heavy (non-hydrogen) atoms. The van der Waals surface area contributed by atoms with E-state index in [1.807, 2.05) is 30.5 Å². The number of nitrogens with zero attached hydrogens (tertiary/aromatic N) is 3. The number of aromatic nitrogens is 3. The maximum absolute atomic E-state index is 11.5. The fourth-order valence-corrected chi connectivity index (χ4v) is 5.10. The lowest BCUT2D eigenvalue weighted by Crippen LogP contribution is -2.29. The summed E-state index contributed by atoms with van der Waals surface area (Å²) in [6.45, 7) is 3.48. The van der Waals surface area contributed by atoms with E-state index in [1.54, 1.807) is 0 Å². The average molecular weight is 462 g/mol. The van der Waals surface area contributed by atoms with Crippen LogP contribution in [0.3, 0.4) is 0 Å². The van der Waals surface area contributed by atoms with Crippen LogP contribution in [0.2, 0.25) is 0 Å². The number of benzene rings is 3. The number of nitrogens with one attached hydrogen (secondary N) is 2. The number of rotatable bonds is 4. The van der Waals surface area contributed by atoms with Crippen molar-refractivity contribution >= 4 is 33.5 Å². The van der Waals surface area contributed by atoms with E-state index in [9.17, 15) is 4.79 Å². The molecule has 0 atom stereocenters. The van der Waals surface area contributed by atoms with E-state index in [0.29, 0.717) is 6.04 Å². The zero-order valence-electron chi connectivity index (χ0n) is 19.7. The Hall–Kier alpha value is -4.03. The SMILES string of the molecule is CC(=O)Nc1ccc(-c2nc3c(-c4ccc5ccccc5c4)ccnc3n2C2CCNCC2)cc1. The standard InChI is InChI=1S/C29H27N5O/c1-19(35)32-24-10-8-21(9-11-24)28-33-27-26(23-7-6-20-4-2-3-5-22(20)18-23)14-17-31-29(27)34(28)25-12-15-30-16-13-25/h2-11,14,17-18,25,30H,12-13,15-16H2,1H3,(H,32,35). The van der Waals surface area contributed by atoms with E-state index in [4.69, 9.17) is 9.97 Å². The van der Waals surface area contributed by atoms with Gasteiger partial charge in [0.1, 0.15) is 11.3 Å². The van der Waals surface area contributed by atoms with Crippen molar-refractivity contribution in [2.75, 3.05) is 18.4 Å². The summed E-state index contributed by atoms with van der Waals surface area (Å²) in [6, 6.07) is 25.3. The number of hydrogen-bond acceptors (Lipinski definition) is 4. The van der Waals surface area contributed by atoms with Gasteiger partial charge in [-0.3, -0.25) is 4.79 Å². The minimum Gasteiger partial charge on any atom is -0.326 e. The zero-order chi connectivity index (χ0) is 23.8. The van der Waals surface area contributed by atoms with Crippen molar-refractivity contribution in [1.29, 1.82) is 0 Å². The van der Waals surface area contributed by atoms with Crippen LogP contribution in [0.1, 0.15) is 25.8 Å². The Labute approximate surface area is 204 Å². The van der Waals surface area contributed by atoms with Crippen molar-refractivity contribution < 1.29 is 4.79 Å².